The molecule has 1 aliphatic rings. The Kier molecular flexibility index (Phi) is 4.17. The molecule has 1 heterocycles. The monoisotopic (exact) mass is 272 g/mol. The van der Waals surface area contributed by atoms with Gasteiger partial charge in [-0.05, 0) is 13.8 Å². The molecule has 0 aromatic rings. The predicted octanol–water partition coefficient (Wildman–Crippen LogP) is 0.455. The summed E-state index contributed by atoms with van der Waals surface area (Å²) in [6, 6.07) is 0. The molecule has 94 valence electrons. The highest BCUT2D eigenvalue weighted by atomic mass is 35.7. The van der Waals surface area contributed by atoms with Gasteiger partial charge in [0, 0.05) is 10.7 Å². The van der Waals surface area contributed by atoms with Crippen LogP contribution in [0.4, 0.5) is 0 Å². The highest BCUT2D eigenvalue weighted by molar-refractivity contribution is 8.09. The number of halogens is 1. The van der Waals surface area contributed by atoms with Crippen LogP contribution < -0.4 is 0 Å². The van der Waals surface area contributed by atoms with Crippen LogP contribution in [0.2, 0.25) is 0 Å². The van der Waals surface area contributed by atoms with E-state index in [0.29, 0.717) is 13.2 Å². The number of carbonyl (C=O) groups is 1. The van der Waals surface area contributed by atoms with Gasteiger partial charge in [-0.3, -0.25) is 8.98 Å². The molecule has 0 unspecified atom stereocenters. The Hall–Kier alpha value is -0.370. The van der Waals surface area contributed by atoms with Crippen molar-refractivity contribution in [2.24, 2.45) is 5.41 Å². The Morgan fingerprint density at radius 3 is 2.44 bits per heavy atom. The lowest BCUT2D eigenvalue weighted by atomic mass is 9.95. The first-order valence-corrected chi connectivity index (χ1v) is 6.82. The maximum absolute atomic E-state index is 11.6. The summed E-state index contributed by atoms with van der Waals surface area (Å²) in [5.41, 5.74) is -1.07. The Morgan fingerprint density at radius 2 is 2.06 bits per heavy atom. The Labute approximate surface area is 98.4 Å². The zero-order valence-corrected chi connectivity index (χ0v) is 10.5. The Morgan fingerprint density at radius 1 is 1.50 bits per heavy atom. The number of carbonyl (C=O) groups excluding carboxylic acids is 1. The lowest BCUT2D eigenvalue weighted by Crippen LogP contribution is -2.42. The van der Waals surface area contributed by atoms with E-state index in [4.69, 9.17) is 20.2 Å². The molecule has 0 amide bonds. The van der Waals surface area contributed by atoms with Gasteiger partial charge < -0.3 is 9.47 Å². The Bertz CT molecular complexity index is 359. The number of ether oxygens (including phenoxy) is 2. The molecule has 1 rings (SSSR count). The van der Waals surface area contributed by atoms with E-state index in [1.54, 1.807) is 0 Å². The van der Waals surface area contributed by atoms with Gasteiger partial charge in [-0.2, -0.15) is 8.42 Å². The van der Waals surface area contributed by atoms with Crippen LogP contribution in [-0.2, 0) is 27.8 Å². The second-order valence-corrected chi connectivity index (χ2v) is 6.26. The van der Waals surface area contributed by atoms with Gasteiger partial charge in [-0.15, -0.1) is 0 Å². The van der Waals surface area contributed by atoms with Gasteiger partial charge >= 0.3 is 15.3 Å². The maximum Gasteiger partial charge on any atom is 0.355 e. The van der Waals surface area contributed by atoms with Crippen LogP contribution in [0.3, 0.4) is 0 Å². The SMILES string of the molecule is CC(C)(COS(=O)(=O)Cl)C(=O)OC1COC1. The normalized spacial score (nSPS) is 17.9. The standard InChI is InChI=1S/C8H13ClO6S/c1-8(2,5-14-16(9,11)12)7(10)15-6-3-13-4-6/h6H,3-5H2,1-2H3. The van der Waals surface area contributed by atoms with Crippen LogP contribution in [0.5, 0.6) is 0 Å². The van der Waals surface area contributed by atoms with Crippen molar-refractivity contribution in [1.82, 2.24) is 0 Å². The minimum absolute atomic E-state index is 0.251. The minimum Gasteiger partial charge on any atom is -0.457 e. The molecule has 8 heteroatoms. The fraction of sp³-hybridized carbons (Fsp3) is 0.875. The van der Waals surface area contributed by atoms with Crippen molar-refractivity contribution in [2.45, 2.75) is 20.0 Å². The van der Waals surface area contributed by atoms with Gasteiger partial charge in [0.05, 0.1) is 25.2 Å². The van der Waals surface area contributed by atoms with Crippen molar-refractivity contribution in [2.75, 3.05) is 19.8 Å². The third-order valence-corrected chi connectivity index (χ3v) is 2.66. The van der Waals surface area contributed by atoms with E-state index in [9.17, 15) is 13.2 Å². The molecule has 0 aliphatic carbocycles. The maximum atomic E-state index is 11.6. The summed E-state index contributed by atoms with van der Waals surface area (Å²) < 4.78 is 35.3. The summed E-state index contributed by atoms with van der Waals surface area (Å²) in [6.45, 7) is 3.41. The van der Waals surface area contributed by atoms with Gasteiger partial charge in [-0.25, -0.2) is 0 Å². The summed E-state index contributed by atoms with van der Waals surface area (Å²) in [5.74, 6) is -0.541. The fourth-order valence-electron chi connectivity index (χ4n) is 0.870. The third-order valence-electron chi connectivity index (χ3n) is 1.99. The van der Waals surface area contributed by atoms with E-state index >= 15 is 0 Å². The molecule has 0 bridgehead atoms. The second kappa shape index (κ2) is 4.87. The van der Waals surface area contributed by atoms with Gasteiger partial charge in [-0.1, -0.05) is 0 Å². The molecule has 0 N–H and O–H groups in total. The zero-order chi connectivity index (χ0) is 12.4. The molecule has 16 heavy (non-hydrogen) atoms. The van der Waals surface area contributed by atoms with Crippen LogP contribution in [0.25, 0.3) is 0 Å². The van der Waals surface area contributed by atoms with E-state index in [2.05, 4.69) is 4.18 Å². The summed E-state index contributed by atoms with van der Waals surface area (Å²) in [6.07, 6.45) is -0.251. The summed E-state index contributed by atoms with van der Waals surface area (Å²) in [7, 11) is 0.795. The van der Waals surface area contributed by atoms with Crippen molar-refractivity contribution >= 4 is 26.0 Å². The lowest BCUT2D eigenvalue weighted by molar-refractivity contribution is -0.183. The summed E-state index contributed by atoms with van der Waals surface area (Å²) >= 11 is 0. The summed E-state index contributed by atoms with van der Waals surface area (Å²) in [5, 5.41) is 0. The first kappa shape index (κ1) is 13.7. The van der Waals surface area contributed by atoms with E-state index < -0.39 is 20.7 Å². The number of esters is 1. The largest absolute Gasteiger partial charge is 0.457 e. The van der Waals surface area contributed by atoms with Crippen molar-refractivity contribution in [1.29, 1.82) is 0 Å². The van der Waals surface area contributed by atoms with E-state index in [1.807, 2.05) is 0 Å². The van der Waals surface area contributed by atoms with Crippen molar-refractivity contribution in [3.8, 4) is 0 Å². The molecule has 0 atom stereocenters. The van der Waals surface area contributed by atoms with Crippen molar-refractivity contribution < 1.29 is 26.9 Å². The molecule has 0 spiro atoms. The zero-order valence-electron chi connectivity index (χ0n) is 8.93. The van der Waals surface area contributed by atoms with Gasteiger partial charge in [0.25, 0.3) is 0 Å². The first-order valence-electron chi connectivity index (χ1n) is 4.58. The van der Waals surface area contributed by atoms with Gasteiger partial charge in [0.2, 0.25) is 0 Å². The van der Waals surface area contributed by atoms with Crippen molar-refractivity contribution in [3.05, 3.63) is 0 Å². The highest BCUT2D eigenvalue weighted by Crippen LogP contribution is 2.22. The lowest BCUT2D eigenvalue weighted by Gasteiger charge is -2.30. The molecule has 0 aromatic heterocycles. The smallest absolute Gasteiger partial charge is 0.355 e. The second-order valence-electron chi connectivity index (χ2n) is 4.10. The van der Waals surface area contributed by atoms with Crippen LogP contribution in [-0.4, -0.2) is 40.3 Å². The minimum atomic E-state index is -4.07. The summed E-state index contributed by atoms with van der Waals surface area (Å²) in [4.78, 5) is 11.6. The number of rotatable bonds is 5. The molecule has 6 nitrogen and oxygen atoms in total. The molecular formula is C8H13ClO6S. The van der Waals surface area contributed by atoms with Crippen LogP contribution >= 0.6 is 10.7 Å². The highest BCUT2D eigenvalue weighted by Gasteiger charge is 2.35. The molecule has 1 fully saturated rings. The predicted molar refractivity (Wildman–Crippen MR) is 55.2 cm³/mol. The van der Waals surface area contributed by atoms with Crippen LogP contribution in [0.15, 0.2) is 0 Å². The fourth-order valence-corrected chi connectivity index (χ4v) is 1.44. The third kappa shape index (κ3) is 4.25. The van der Waals surface area contributed by atoms with Crippen molar-refractivity contribution in [3.63, 3.8) is 0 Å². The molecule has 0 saturated carbocycles. The Balaban J connectivity index is 2.44. The van der Waals surface area contributed by atoms with Crippen LogP contribution in [0.1, 0.15) is 13.8 Å². The van der Waals surface area contributed by atoms with Gasteiger partial charge in [0.15, 0.2) is 0 Å². The number of hydrogen-bond acceptors (Lipinski definition) is 6. The van der Waals surface area contributed by atoms with E-state index in [0.717, 1.165) is 0 Å². The molecule has 1 saturated heterocycles. The molecule has 0 aromatic carbocycles. The first-order chi connectivity index (χ1) is 7.21. The van der Waals surface area contributed by atoms with Gasteiger partial charge in [0.1, 0.15) is 6.10 Å². The molecular weight excluding hydrogens is 260 g/mol. The van der Waals surface area contributed by atoms with E-state index in [1.165, 1.54) is 13.8 Å². The number of hydrogen-bond donors (Lipinski definition) is 0. The van der Waals surface area contributed by atoms with E-state index in [-0.39, 0.29) is 12.7 Å². The average molecular weight is 273 g/mol. The molecule has 1 aliphatic heterocycles. The average Bonchev–Trinajstić information content (AvgIpc) is 2.06. The topological polar surface area (TPSA) is 78.9 Å². The molecule has 0 radical (unpaired) electrons. The quantitative estimate of drug-likeness (QED) is 0.534. The van der Waals surface area contributed by atoms with Crippen LogP contribution in [0, 0.1) is 5.41 Å².